The first-order valence-corrected chi connectivity index (χ1v) is 7.85. The number of halogens is 1. The maximum absolute atomic E-state index is 12.8. The summed E-state index contributed by atoms with van der Waals surface area (Å²) in [5, 5.41) is 9.32. The van der Waals surface area contributed by atoms with Crippen LogP contribution in [0.2, 0.25) is 0 Å². The Labute approximate surface area is 127 Å². The number of rotatable bonds is 5. The number of thioether (sulfide) groups is 1. The molecular weight excluding hydrogens is 293 g/mol. The Balaban J connectivity index is 1.90. The van der Waals surface area contributed by atoms with E-state index in [0.29, 0.717) is 19.4 Å². The van der Waals surface area contributed by atoms with Crippen molar-refractivity contribution in [1.29, 1.82) is 0 Å². The van der Waals surface area contributed by atoms with Crippen molar-refractivity contribution < 1.29 is 19.1 Å². The predicted molar refractivity (Wildman–Crippen MR) is 78.7 cm³/mol. The maximum Gasteiger partial charge on any atom is 0.311 e. The fourth-order valence-electron chi connectivity index (χ4n) is 2.47. The summed E-state index contributed by atoms with van der Waals surface area (Å²) in [6, 6.07) is 5.97. The van der Waals surface area contributed by atoms with E-state index in [1.165, 1.54) is 23.9 Å². The first kappa shape index (κ1) is 15.8. The topological polar surface area (TPSA) is 57.6 Å². The lowest BCUT2D eigenvalue weighted by Gasteiger charge is -2.23. The third kappa shape index (κ3) is 3.56. The molecule has 2 rings (SSSR count). The number of aliphatic carboxylic acids is 1. The third-order valence-corrected chi connectivity index (χ3v) is 5.01. The van der Waals surface area contributed by atoms with E-state index in [-0.39, 0.29) is 24.0 Å². The van der Waals surface area contributed by atoms with Gasteiger partial charge in [-0.25, -0.2) is 4.39 Å². The van der Waals surface area contributed by atoms with Crippen molar-refractivity contribution in [3.8, 4) is 0 Å². The number of carboxylic acid groups (broad SMARTS) is 1. The lowest BCUT2D eigenvalue weighted by atomic mass is 9.84. The molecule has 21 heavy (non-hydrogen) atoms. The van der Waals surface area contributed by atoms with Crippen LogP contribution in [0.1, 0.15) is 19.8 Å². The molecule has 6 heteroatoms. The second kappa shape index (κ2) is 6.47. The van der Waals surface area contributed by atoms with Gasteiger partial charge in [0.1, 0.15) is 5.82 Å². The van der Waals surface area contributed by atoms with E-state index in [1.807, 2.05) is 6.92 Å². The monoisotopic (exact) mass is 311 g/mol. The molecule has 1 saturated heterocycles. The van der Waals surface area contributed by atoms with E-state index in [0.717, 1.165) is 4.90 Å². The van der Waals surface area contributed by atoms with Crippen LogP contribution in [0.5, 0.6) is 0 Å². The van der Waals surface area contributed by atoms with Gasteiger partial charge >= 0.3 is 5.97 Å². The summed E-state index contributed by atoms with van der Waals surface area (Å²) in [7, 11) is 0. The largest absolute Gasteiger partial charge is 0.481 e. The average molecular weight is 311 g/mol. The van der Waals surface area contributed by atoms with E-state index in [9.17, 15) is 19.1 Å². The highest BCUT2D eigenvalue weighted by atomic mass is 32.2. The van der Waals surface area contributed by atoms with Gasteiger partial charge in [-0.3, -0.25) is 9.59 Å². The number of hydrogen-bond acceptors (Lipinski definition) is 3. The maximum atomic E-state index is 12.8. The average Bonchev–Trinajstić information content (AvgIpc) is 2.92. The SMILES string of the molecule is CCC1(C(=O)O)CCN(C(=O)CSc2ccc(F)cc2)C1. The molecule has 4 nitrogen and oxygen atoms in total. The van der Waals surface area contributed by atoms with Gasteiger partial charge in [0, 0.05) is 18.0 Å². The van der Waals surface area contributed by atoms with Crippen LogP contribution in [-0.2, 0) is 9.59 Å². The van der Waals surface area contributed by atoms with Gasteiger partial charge in [-0.15, -0.1) is 11.8 Å². The summed E-state index contributed by atoms with van der Waals surface area (Å²) in [4.78, 5) is 25.9. The molecule has 1 fully saturated rings. The van der Waals surface area contributed by atoms with Gasteiger partial charge in [0.15, 0.2) is 0 Å². The van der Waals surface area contributed by atoms with Gasteiger partial charge in [-0.1, -0.05) is 6.92 Å². The van der Waals surface area contributed by atoms with Gasteiger partial charge in [-0.2, -0.15) is 0 Å². The Kier molecular flexibility index (Phi) is 4.88. The van der Waals surface area contributed by atoms with Gasteiger partial charge in [0.05, 0.1) is 11.2 Å². The molecule has 1 unspecified atom stereocenters. The molecule has 0 aromatic heterocycles. The van der Waals surface area contributed by atoms with Gasteiger partial charge in [-0.05, 0) is 37.1 Å². The smallest absolute Gasteiger partial charge is 0.311 e. The molecule has 1 aromatic rings. The predicted octanol–water partition coefficient (Wildman–Crippen LogP) is 2.63. The van der Waals surface area contributed by atoms with Crippen molar-refractivity contribution in [3.05, 3.63) is 30.1 Å². The molecule has 114 valence electrons. The van der Waals surface area contributed by atoms with Crippen LogP contribution in [0.15, 0.2) is 29.2 Å². The fourth-order valence-corrected chi connectivity index (χ4v) is 3.27. The van der Waals surface area contributed by atoms with Crippen molar-refractivity contribution >= 4 is 23.6 Å². The molecule has 0 saturated carbocycles. The number of amides is 1. The number of nitrogens with zero attached hydrogens (tertiary/aromatic N) is 1. The summed E-state index contributed by atoms with van der Waals surface area (Å²) < 4.78 is 12.8. The molecule has 0 radical (unpaired) electrons. The Morgan fingerprint density at radius 3 is 2.57 bits per heavy atom. The van der Waals surface area contributed by atoms with Crippen molar-refractivity contribution in [3.63, 3.8) is 0 Å². The first-order chi connectivity index (χ1) is 9.97. The molecule has 0 spiro atoms. The number of carbonyl (C=O) groups excluding carboxylic acids is 1. The molecule has 1 aromatic carbocycles. The van der Waals surface area contributed by atoms with Crippen LogP contribution in [-0.4, -0.2) is 40.7 Å². The lowest BCUT2D eigenvalue weighted by molar-refractivity contribution is -0.148. The van der Waals surface area contributed by atoms with Crippen LogP contribution in [0.3, 0.4) is 0 Å². The van der Waals surface area contributed by atoms with Crippen LogP contribution >= 0.6 is 11.8 Å². The normalized spacial score (nSPS) is 21.5. The van der Waals surface area contributed by atoms with E-state index >= 15 is 0 Å². The number of hydrogen-bond donors (Lipinski definition) is 1. The fraction of sp³-hybridized carbons (Fsp3) is 0.467. The van der Waals surface area contributed by atoms with E-state index in [1.54, 1.807) is 17.0 Å². The number of likely N-dealkylation sites (tertiary alicyclic amines) is 1. The minimum absolute atomic E-state index is 0.0686. The van der Waals surface area contributed by atoms with E-state index in [2.05, 4.69) is 0 Å². The zero-order valence-electron chi connectivity index (χ0n) is 11.8. The molecule has 1 atom stereocenters. The second-order valence-electron chi connectivity index (χ2n) is 5.25. The zero-order valence-corrected chi connectivity index (χ0v) is 12.7. The Morgan fingerprint density at radius 1 is 1.38 bits per heavy atom. The highest BCUT2D eigenvalue weighted by molar-refractivity contribution is 8.00. The molecule has 1 N–H and O–H groups in total. The summed E-state index contributed by atoms with van der Waals surface area (Å²) in [6.45, 7) is 2.61. The van der Waals surface area contributed by atoms with Crippen molar-refractivity contribution in [1.82, 2.24) is 4.90 Å². The second-order valence-corrected chi connectivity index (χ2v) is 6.30. The van der Waals surface area contributed by atoms with Gasteiger partial charge < -0.3 is 10.0 Å². The van der Waals surface area contributed by atoms with Crippen molar-refractivity contribution in [2.75, 3.05) is 18.8 Å². The summed E-state index contributed by atoms with van der Waals surface area (Å²) in [6.07, 6.45) is 1.03. The summed E-state index contributed by atoms with van der Waals surface area (Å²) in [5.41, 5.74) is -0.795. The lowest BCUT2D eigenvalue weighted by Crippen LogP contribution is -2.37. The molecule has 0 bridgehead atoms. The zero-order chi connectivity index (χ0) is 15.5. The third-order valence-electron chi connectivity index (χ3n) is 4.01. The van der Waals surface area contributed by atoms with Crippen molar-refractivity contribution in [2.24, 2.45) is 5.41 Å². The molecule has 1 amide bonds. The summed E-state index contributed by atoms with van der Waals surface area (Å²) in [5.74, 6) is -0.961. The number of carbonyl (C=O) groups is 2. The number of benzene rings is 1. The molecule has 1 heterocycles. The molecular formula is C15H18FNO3S. The quantitative estimate of drug-likeness (QED) is 0.849. The van der Waals surface area contributed by atoms with Crippen LogP contribution in [0.4, 0.5) is 4.39 Å². The van der Waals surface area contributed by atoms with E-state index in [4.69, 9.17) is 0 Å². The Hall–Kier alpha value is -1.56. The van der Waals surface area contributed by atoms with Crippen LogP contribution < -0.4 is 0 Å². The van der Waals surface area contributed by atoms with E-state index < -0.39 is 11.4 Å². The van der Waals surface area contributed by atoms with Crippen LogP contribution in [0.25, 0.3) is 0 Å². The standard InChI is InChI=1S/C15H18FNO3S/c1-2-15(14(19)20)7-8-17(10-15)13(18)9-21-12-5-3-11(16)4-6-12/h3-6H,2,7-10H2,1H3,(H,19,20). The molecule has 0 aliphatic carbocycles. The molecule has 1 aliphatic heterocycles. The first-order valence-electron chi connectivity index (χ1n) is 6.86. The Morgan fingerprint density at radius 2 is 2.05 bits per heavy atom. The number of carboxylic acids is 1. The minimum atomic E-state index is -0.827. The van der Waals surface area contributed by atoms with Gasteiger partial charge in [0.25, 0.3) is 0 Å². The minimum Gasteiger partial charge on any atom is -0.481 e. The highest BCUT2D eigenvalue weighted by Gasteiger charge is 2.44. The Bertz CT molecular complexity index is 534. The van der Waals surface area contributed by atoms with Crippen molar-refractivity contribution in [2.45, 2.75) is 24.7 Å². The van der Waals surface area contributed by atoms with Crippen LogP contribution in [0, 0.1) is 11.2 Å². The van der Waals surface area contributed by atoms with Gasteiger partial charge in [0.2, 0.25) is 5.91 Å². The molecule has 1 aliphatic rings. The highest BCUT2D eigenvalue weighted by Crippen LogP contribution is 2.34. The summed E-state index contributed by atoms with van der Waals surface area (Å²) >= 11 is 1.33.